The molecule has 1 radical (unpaired) electrons. The maximum atomic E-state index is 6.94. The number of rotatable bonds is 0. The van der Waals surface area contributed by atoms with Crippen LogP contribution >= 0.6 is 0 Å². The Bertz CT molecular complexity index is 176. The Balaban J connectivity index is 0.000000490. The zero-order valence-corrected chi connectivity index (χ0v) is 5.65. The molecule has 0 aliphatic carbocycles. The minimum Gasteiger partial charge on any atom is -0.347 e. The van der Waals surface area contributed by atoms with Crippen molar-refractivity contribution in [3.63, 3.8) is 0 Å². The second-order valence-corrected chi connectivity index (χ2v) is 1.28. The van der Waals surface area contributed by atoms with Crippen molar-refractivity contribution in [3.05, 3.63) is 29.9 Å². The Morgan fingerprint density at radius 3 is 2.38 bits per heavy atom. The number of nitrogens with one attached hydrogen (secondary N) is 2. The minimum absolute atomic E-state index is 0. The maximum absolute atomic E-state index is 6.94. The number of H-pyrrole nitrogens is 1. The van der Waals surface area contributed by atoms with Gasteiger partial charge in [-0.1, -0.05) is 6.07 Å². The minimum atomic E-state index is 0. The molecule has 0 unspecified atom stereocenters. The fourth-order valence-electron chi connectivity index (χ4n) is 0.393. The van der Waals surface area contributed by atoms with Gasteiger partial charge in [0, 0.05) is 24.8 Å². The summed E-state index contributed by atoms with van der Waals surface area (Å²) in [7, 11) is 0. The molecular weight excluding hydrogens is 139 g/mol. The molecule has 1 rings (SSSR count). The molecule has 0 aliphatic heterocycles. The van der Waals surface area contributed by atoms with Crippen LogP contribution in [0.4, 0.5) is 0 Å². The first-order valence-corrected chi connectivity index (χ1v) is 2.08. The average Bonchev–Trinajstić information content (AvgIpc) is 1.69. The Kier molecular flexibility index (Phi) is 3.32. The van der Waals surface area contributed by atoms with Gasteiger partial charge < -0.3 is 4.98 Å². The summed E-state index contributed by atoms with van der Waals surface area (Å²) in [5.41, 5.74) is 0.447. The van der Waals surface area contributed by atoms with E-state index < -0.39 is 0 Å². The van der Waals surface area contributed by atoms with Gasteiger partial charge in [-0.05, 0) is 12.1 Å². The number of hydrogen-bond acceptors (Lipinski definition) is 1. The Morgan fingerprint density at radius 2 is 2.12 bits per heavy atom. The molecular formula is C5H6N2V. The Hall–Kier alpha value is -0.466. The number of aromatic nitrogens is 1. The van der Waals surface area contributed by atoms with Gasteiger partial charge in [-0.25, -0.2) is 0 Å². The van der Waals surface area contributed by atoms with Crippen molar-refractivity contribution in [2.75, 3.05) is 0 Å². The van der Waals surface area contributed by atoms with Crippen molar-refractivity contribution in [2.45, 2.75) is 0 Å². The second-order valence-electron chi connectivity index (χ2n) is 1.28. The van der Waals surface area contributed by atoms with Crippen LogP contribution in [0.5, 0.6) is 0 Å². The maximum Gasteiger partial charge on any atom is 0.121 e. The van der Waals surface area contributed by atoms with E-state index in [1.54, 1.807) is 12.3 Å². The summed E-state index contributed by atoms with van der Waals surface area (Å²) in [5.74, 6) is 0. The van der Waals surface area contributed by atoms with E-state index in [1.165, 1.54) is 0 Å². The largest absolute Gasteiger partial charge is 0.347 e. The molecule has 0 spiro atoms. The van der Waals surface area contributed by atoms with E-state index in [4.69, 9.17) is 5.41 Å². The third-order valence-electron chi connectivity index (χ3n) is 0.709. The third-order valence-corrected chi connectivity index (χ3v) is 0.709. The zero-order chi connectivity index (χ0) is 5.11. The molecule has 1 aromatic heterocycles. The van der Waals surface area contributed by atoms with Gasteiger partial charge >= 0.3 is 0 Å². The van der Waals surface area contributed by atoms with Gasteiger partial charge in [0.2, 0.25) is 0 Å². The van der Waals surface area contributed by atoms with Crippen molar-refractivity contribution in [1.82, 2.24) is 4.98 Å². The predicted octanol–water partition coefficient (Wildman–Crippen LogP) is 0.492. The molecule has 0 aromatic carbocycles. The molecule has 41 valence electrons. The van der Waals surface area contributed by atoms with Gasteiger partial charge in [-0.15, -0.1) is 0 Å². The summed E-state index contributed by atoms with van der Waals surface area (Å²) in [5, 5.41) is 6.94. The fourth-order valence-corrected chi connectivity index (χ4v) is 0.393. The van der Waals surface area contributed by atoms with Crippen LogP contribution < -0.4 is 5.49 Å². The van der Waals surface area contributed by atoms with E-state index in [0.29, 0.717) is 5.49 Å². The summed E-state index contributed by atoms with van der Waals surface area (Å²) in [6.07, 6.45) is 1.72. The van der Waals surface area contributed by atoms with Crippen LogP contribution in [0, 0.1) is 5.41 Å². The van der Waals surface area contributed by atoms with Crippen LogP contribution in [-0.4, -0.2) is 4.98 Å². The number of pyridine rings is 1. The van der Waals surface area contributed by atoms with E-state index in [-0.39, 0.29) is 18.6 Å². The summed E-state index contributed by atoms with van der Waals surface area (Å²) in [6, 6.07) is 5.36. The van der Waals surface area contributed by atoms with Gasteiger partial charge in [0.25, 0.3) is 0 Å². The Morgan fingerprint density at radius 1 is 1.38 bits per heavy atom. The van der Waals surface area contributed by atoms with Gasteiger partial charge in [0.15, 0.2) is 0 Å². The van der Waals surface area contributed by atoms with Gasteiger partial charge in [-0.3, -0.25) is 5.41 Å². The third kappa shape index (κ3) is 2.00. The van der Waals surface area contributed by atoms with Crippen LogP contribution in [-0.2, 0) is 18.6 Å². The topological polar surface area (TPSA) is 39.6 Å². The molecule has 0 saturated carbocycles. The molecule has 0 fully saturated rings. The molecule has 0 saturated heterocycles. The first-order valence-electron chi connectivity index (χ1n) is 2.08. The predicted molar refractivity (Wildman–Crippen MR) is 26.6 cm³/mol. The second kappa shape index (κ2) is 3.53. The SMILES string of the molecule is N=c1cccc[nH]1.[V]. The molecule has 0 amide bonds. The monoisotopic (exact) mass is 145 g/mol. The normalized spacial score (nSPS) is 7.50. The molecule has 0 aliphatic rings. The Labute approximate surface area is 59.3 Å². The van der Waals surface area contributed by atoms with Crippen molar-refractivity contribution in [1.29, 1.82) is 5.41 Å². The first kappa shape index (κ1) is 7.53. The molecule has 0 bridgehead atoms. The summed E-state index contributed by atoms with van der Waals surface area (Å²) >= 11 is 0. The molecule has 3 heteroatoms. The molecule has 2 N–H and O–H groups in total. The van der Waals surface area contributed by atoms with Crippen molar-refractivity contribution >= 4 is 0 Å². The molecule has 2 nitrogen and oxygen atoms in total. The summed E-state index contributed by atoms with van der Waals surface area (Å²) < 4.78 is 0. The van der Waals surface area contributed by atoms with Gasteiger partial charge in [-0.2, -0.15) is 0 Å². The van der Waals surface area contributed by atoms with Crippen LogP contribution in [0.1, 0.15) is 0 Å². The van der Waals surface area contributed by atoms with E-state index in [0.717, 1.165) is 0 Å². The molecule has 8 heavy (non-hydrogen) atoms. The van der Waals surface area contributed by atoms with Crippen molar-refractivity contribution in [2.24, 2.45) is 0 Å². The van der Waals surface area contributed by atoms with Crippen LogP contribution in [0.3, 0.4) is 0 Å². The van der Waals surface area contributed by atoms with Gasteiger partial charge in [0.1, 0.15) is 5.49 Å². The van der Waals surface area contributed by atoms with E-state index in [2.05, 4.69) is 4.98 Å². The first-order chi connectivity index (χ1) is 3.39. The molecule has 1 aromatic rings. The van der Waals surface area contributed by atoms with Gasteiger partial charge in [0.05, 0.1) is 0 Å². The summed E-state index contributed by atoms with van der Waals surface area (Å²) in [4.78, 5) is 2.70. The van der Waals surface area contributed by atoms with Crippen molar-refractivity contribution in [3.8, 4) is 0 Å². The standard InChI is InChI=1S/C5H6N2.V/c6-5-3-1-2-4-7-5;/h1-4H,(H2,6,7);. The van der Waals surface area contributed by atoms with Crippen LogP contribution in [0.15, 0.2) is 24.4 Å². The zero-order valence-electron chi connectivity index (χ0n) is 4.26. The van der Waals surface area contributed by atoms with E-state index >= 15 is 0 Å². The summed E-state index contributed by atoms with van der Waals surface area (Å²) in [6.45, 7) is 0. The smallest absolute Gasteiger partial charge is 0.121 e. The quantitative estimate of drug-likeness (QED) is 0.533. The number of hydrogen-bond donors (Lipinski definition) is 2. The molecule has 0 atom stereocenters. The van der Waals surface area contributed by atoms with Crippen molar-refractivity contribution < 1.29 is 18.6 Å². The van der Waals surface area contributed by atoms with Crippen LogP contribution in [0.25, 0.3) is 0 Å². The van der Waals surface area contributed by atoms with E-state index in [1.807, 2.05) is 12.1 Å². The average molecular weight is 145 g/mol. The van der Waals surface area contributed by atoms with Crippen LogP contribution in [0.2, 0.25) is 0 Å². The van der Waals surface area contributed by atoms with E-state index in [9.17, 15) is 0 Å². The molecule has 1 heterocycles. The number of aromatic amines is 1. The fraction of sp³-hybridized carbons (Fsp3) is 0.